The molecule has 0 rings (SSSR count). The van der Waals surface area contributed by atoms with E-state index in [1.165, 1.54) is 25.0 Å². The number of guanidine groups is 1. The number of hydrogen-bond donors (Lipinski definition) is 2. The highest BCUT2D eigenvalue weighted by molar-refractivity contribution is 14.0. The zero-order chi connectivity index (χ0) is 14.0. The Morgan fingerprint density at radius 2 is 1.95 bits per heavy atom. The van der Waals surface area contributed by atoms with Crippen molar-refractivity contribution >= 4 is 41.7 Å². The maximum absolute atomic E-state index is 4.26. The van der Waals surface area contributed by atoms with Crippen LogP contribution in [0.1, 0.15) is 47.0 Å². The monoisotopic (exact) mass is 401 g/mol. The number of aliphatic imine (C=N–C) groups is 1. The summed E-state index contributed by atoms with van der Waals surface area (Å²) in [6.45, 7) is 10.1. The van der Waals surface area contributed by atoms with Gasteiger partial charge in [0, 0.05) is 19.6 Å². The minimum absolute atomic E-state index is 0. The Balaban J connectivity index is 0. The highest BCUT2D eigenvalue weighted by Crippen LogP contribution is 2.21. The summed E-state index contributed by atoms with van der Waals surface area (Å²) in [4.78, 5) is 4.26. The van der Waals surface area contributed by atoms with Gasteiger partial charge in [0.2, 0.25) is 0 Å². The average Bonchev–Trinajstić information content (AvgIpc) is 2.29. The van der Waals surface area contributed by atoms with Gasteiger partial charge in [-0.25, -0.2) is 0 Å². The fourth-order valence-corrected chi connectivity index (χ4v) is 2.01. The minimum atomic E-state index is 0. The molecule has 0 aliphatic carbocycles. The summed E-state index contributed by atoms with van der Waals surface area (Å²) >= 11 is 1.89. The lowest BCUT2D eigenvalue weighted by molar-refractivity contribution is 0.346. The molecular weight excluding hydrogens is 369 g/mol. The highest BCUT2D eigenvalue weighted by Gasteiger charge is 2.13. The molecule has 1 unspecified atom stereocenters. The van der Waals surface area contributed by atoms with Gasteiger partial charge in [0.25, 0.3) is 0 Å². The Hall–Kier alpha value is 0.350. The third-order valence-corrected chi connectivity index (χ3v) is 3.45. The molecule has 0 aromatic carbocycles. The van der Waals surface area contributed by atoms with Crippen molar-refractivity contribution in [2.24, 2.45) is 10.4 Å². The van der Waals surface area contributed by atoms with Crippen LogP contribution >= 0.6 is 35.7 Å². The Morgan fingerprint density at radius 1 is 1.32 bits per heavy atom. The molecule has 0 radical (unpaired) electrons. The molecule has 0 saturated heterocycles. The van der Waals surface area contributed by atoms with E-state index in [1.807, 2.05) is 18.8 Å². The van der Waals surface area contributed by atoms with Crippen molar-refractivity contribution in [3.05, 3.63) is 0 Å². The topological polar surface area (TPSA) is 36.4 Å². The standard InChI is InChI=1S/C14H31N3S.HI/c1-12(8-9-14(2,3)4)17-13(15-5)16-10-7-11-18-6;/h12H,7-11H2,1-6H3,(H2,15,16,17);1H. The van der Waals surface area contributed by atoms with E-state index in [0.29, 0.717) is 11.5 Å². The normalized spacial score (nSPS) is 13.7. The van der Waals surface area contributed by atoms with Crippen molar-refractivity contribution in [2.45, 2.75) is 53.0 Å². The average molecular weight is 401 g/mol. The van der Waals surface area contributed by atoms with Crippen LogP contribution in [0.15, 0.2) is 4.99 Å². The van der Waals surface area contributed by atoms with Crippen molar-refractivity contribution in [1.29, 1.82) is 0 Å². The van der Waals surface area contributed by atoms with Gasteiger partial charge in [-0.1, -0.05) is 20.8 Å². The summed E-state index contributed by atoms with van der Waals surface area (Å²) in [5.74, 6) is 2.13. The fourth-order valence-electron chi connectivity index (χ4n) is 1.57. The van der Waals surface area contributed by atoms with E-state index in [9.17, 15) is 0 Å². The quantitative estimate of drug-likeness (QED) is 0.295. The largest absolute Gasteiger partial charge is 0.356 e. The van der Waals surface area contributed by atoms with Crippen molar-refractivity contribution in [3.8, 4) is 0 Å². The highest BCUT2D eigenvalue weighted by atomic mass is 127. The molecule has 0 heterocycles. The van der Waals surface area contributed by atoms with Crippen LogP contribution < -0.4 is 10.6 Å². The first-order valence-corrected chi connectivity index (χ1v) is 8.24. The Morgan fingerprint density at radius 3 is 2.42 bits per heavy atom. The zero-order valence-corrected chi connectivity index (χ0v) is 16.5. The van der Waals surface area contributed by atoms with E-state index in [-0.39, 0.29) is 24.0 Å². The Kier molecular flexibility index (Phi) is 13.8. The van der Waals surface area contributed by atoms with Gasteiger partial charge >= 0.3 is 0 Å². The number of hydrogen-bond acceptors (Lipinski definition) is 2. The molecule has 0 spiro atoms. The first-order valence-electron chi connectivity index (χ1n) is 6.85. The van der Waals surface area contributed by atoms with Crippen LogP contribution in [0.3, 0.4) is 0 Å². The Labute approximate surface area is 141 Å². The fraction of sp³-hybridized carbons (Fsp3) is 0.929. The molecule has 19 heavy (non-hydrogen) atoms. The molecule has 2 N–H and O–H groups in total. The van der Waals surface area contributed by atoms with E-state index in [0.717, 1.165) is 12.5 Å². The molecule has 0 saturated carbocycles. The van der Waals surface area contributed by atoms with Crippen LogP contribution in [0.5, 0.6) is 0 Å². The summed E-state index contributed by atoms with van der Waals surface area (Å²) in [6.07, 6.45) is 5.72. The summed E-state index contributed by atoms with van der Waals surface area (Å²) in [7, 11) is 1.83. The molecule has 0 fully saturated rings. The second-order valence-corrected chi connectivity index (χ2v) is 6.98. The number of nitrogens with zero attached hydrogens (tertiary/aromatic N) is 1. The van der Waals surface area contributed by atoms with E-state index >= 15 is 0 Å². The van der Waals surface area contributed by atoms with Crippen LogP contribution in [-0.2, 0) is 0 Å². The van der Waals surface area contributed by atoms with E-state index in [4.69, 9.17) is 0 Å². The zero-order valence-electron chi connectivity index (χ0n) is 13.4. The SMILES string of the molecule is CN=C(NCCCSC)NC(C)CCC(C)(C)C.I. The molecule has 0 aliphatic heterocycles. The molecule has 0 aliphatic rings. The van der Waals surface area contributed by atoms with Gasteiger partial charge < -0.3 is 10.6 Å². The Bertz CT molecular complexity index is 239. The van der Waals surface area contributed by atoms with Crippen LogP contribution in [-0.4, -0.2) is 37.6 Å². The second-order valence-electron chi connectivity index (χ2n) is 5.99. The third kappa shape index (κ3) is 14.6. The smallest absolute Gasteiger partial charge is 0.191 e. The number of halogens is 1. The van der Waals surface area contributed by atoms with Crippen LogP contribution in [0, 0.1) is 5.41 Å². The van der Waals surface area contributed by atoms with Gasteiger partial charge in [-0.05, 0) is 43.6 Å². The molecule has 0 aromatic rings. The van der Waals surface area contributed by atoms with Gasteiger partial charge in [0.15, 0.2) is 5.96 Å². The van der Waals surface area contributed by atoms with Crippen molar-refractivity contribution < 1.29 is 0 Å². The van der Waals surface area contributed by atoms with E-state index in [1.54, 1.807) is 0 Å². The molecule has 5 heteroatoms. The lowest BCUT2D eigenvalue weighted by atomic mass is 9.89. The molecular formula is C14H32IN3S. The minimum Gasteiger partial charge on any atom is -0.356 e. The van der Waals surface area contributed by atoms with Crippen molar-refractivity contribution in [3.63, 3.8) is 0 Å². The summed E-state index contributed by atoms with van der Waals surface area (Å²) in [5, 5.41) is 6.81. The molecule has 1 atom stereocenters. The van der Waals surface area contributed by atoms with Crippen LogP contribution in [0.4, 0.5) is 0 Å². The van der Waals surface area contributed by atoms with Crippen molar-refractivity contribution in [2.75, 3.05) is 25.6 Å². The number of thioether (sulfide) groups is 1. The predicted octanol–water partition coefficient (Wildman–Crippen LogP) is 3.74. The van der Waals surface area contributed by atoms with Crippen molar-refractivity contribution in [1.82, 2.24) is 10.6 Å². The molecule has 0 aromatic heterocycles. The maximum Gasteiger partial charge on any atom is 0.191 e. The first kappa shape index (κ1) is 21.6. The lowest BCUT2D eigenvalue weighted by Crippen LogP contribution is -2.42. The third-order valence-electron chi connectivity index (χ3n) is 2.75. The predicted molar refractivity (Wildman–Crippen MR) is 101 cm³/mol. The van der Waals surface area contributed by atoms with Gasteiger partial charge in [0.1, 0.15) is 0 Å². The molecule has 0 bridgehead atoms. The molecule has 3 nitrogen and oxygen atoms in total. The van der Waals surface area contributed by atoms with Crippen LogP contribution in [0.25, 0.3) is 0 Å². The van der Waals surface area contributed by atoms with Gasteiger partial charge in [-0.2, -0.15) is 11.8 Å². The first-order chi connectivity index (χ1) is 8.39. The summed E-state index contributed by atoms with van der Waals surface area (Å²) in [6, 6.07) is 0.468. The number of rotatable bonds is 7. The lowest BCUT2D eigenvalue weighted by Gasteiger charge is -2.23. The molecule has 116 valence electrons. The number of nitrogens with one attached hydrogen (secondary N) is 2. The van der Waals surface area contributed by atoms with Gasteiger partial charge in [0.05, 0.1) is 0 Å². The van der Waals surface area contributed by atoms with Crippen LogP contribution in [0.2, 0.25) is 0 Å². The van der Waals surface area contributed by atoms with Gasteiger partial charge in [-0.15, -0.1) is 24.0 Å². The second kappa shape index (κ2) is 12.1. The van der Waals surface area contributed by atoms with E-state index in [2.05, 4.69) is 49.6 Å². The molecule has 0 amide bonds. The summed E-state index contributed by atoms with van der Waals surface area (Å²) < 4.78 is 0. The van der Waals surface area contributed by atoms with E-state index < -0.39 is 0 Å². The van der Waals surface area contributed by atoms with Gasteiger partial charge in [-0.3, -0.25) is 4.99 Å². The maximum atomic E-state index is 4.26. The summed E-state index contributed by atoms with van der Waals surface area (Å²) in [5.41, 5.74) is 0.408.